The molecule has 5 nitrogen and oxygen atoms in total. The van der Waals surface area contributed by atoms with Gasteiger partial charge in [0, 0.05) is 10.9 Å². The Balaban J connectivity index is 1.59. The molecule has 0 amide bonds. The van der Waals surface area contributed by atoms with E-state index in [4.69, 9.17) is 0 Å². The average molecular weight is 332 g/mol. The number of thiophene rings is 1. The van der Waals surface area contributed by atoms with Crippen LogP contribution in [0.15, 0.2) is 6.33 Å². The summed E-state index contributed by atoms with van der Waals surface area (Å²) in [6, 6.07) is 0.556. The second-order valence-corrected chi connectivity index (χ2v) is 8.09. The van der Waals surface area contributed by atoms with E-state index in [1.54, 1.807) is 6.33 Å². The first-order valence-electron chi connectivity index (χ1n) is 8.49. The summed E-state index contributed by atoms with van der Waals surface area (Å²) >= 11 is 1.81. The first-order chi connectivity index (χ1) is 11.1. The zero-order chi connectivity index (χ0) is 16.0. The fourth-order valence-corrected chi connectivity index (χ4v) is 5.21. The molecule has 0 radical (unpaired) electrons. The van der Waals surface area contributed by atoms with Crippen molar-refractivity contribution >= 4 is 27.4 Å². The Morgan fingerprint density at radius 3 is 2.91 bits per heavy atom. The highest BCUT2D eigenvalue weighted by Crippen LogP contribution is 2.39. The van der Waals surface area contributed by atoms with E-state index in [1.807, 2.05) is 11.3 Å². The van der Waals surface area contributed by atoms with Gasteiger partial charge in [-0.1, -0.05) is 0 Å². The fourth-order valence-electron chi connectivity index (χ4n) is 3.98. The van der Waals surface area contributed by atoms with Crippen molar-refractivity contribution in [2.24, 2.45) is 0 Å². The smallest absolute Gasteiger partial charge is 0.138 e. The lowest BCUT2D eigenvalue weighted by molar-refractivity contribution is 0.0710. The minimum absolute atomic E-state index is 0.0845. The highest BCUT2D eigenvalue weighted by Gasteiger charge is 2.31. The molecule has 2 aromatic heterocycles. The van der Waals surface area contributed by atoms with Gasteiger partial charge in [-0.3, -0.25) is 0 Å². The van der Waals surface area contributed by atoms with E-state index in [-0.39, 0.29) is 12.1 Å². The maximum Gasteiger partial charge on any atom is 0.138 e. The molecule has 2 N–H and O–H groups in total. The monoisotopic (exact) mass is 332 g/mol. The lowest BCUT2D eigenvalue weighted by atomic mass is 9.88. The van der Waals surface area contributed by atoms with Crippen LogP contribution in [0.3, 0.4) is 0 Å². The van der Waals surface area contributed by atoms with Crippen LogP contribution in [-0.2, 0) is 12.8 Å². The molecule has 2 heterocycles. The van der Waals surface area contributed by atoms with Gasteiger partial charge in [-0.25, -0.2) is 9.97 Å². The van der Waals surface area contributed by atoms with Gasteiger partial charge in [-0.15, -0.1) is 11.3 Å². The number of anilines is 1. The van der Waals surface area contributed by atoms with Crippen LogP contribution < -0.4 is 5.32 Å². The lowest BCUT2D eigenvalue weighted by Gasteiger charge is -2.36. The largest absolute Gasteiger partial charge is 0.391 e. The molecular formula is C17H24N4OS. The van der Waals surface area contributed by atoms with E-state index >= 15 is 0 Å². The SMILES string of the molecule is CN(C)[C@@H]1CCC(Nc2ncnc3sc4c(c23)CCC4)[C@@H](O)C1. The van der Waals surface area contributed by atoms with Gasteiger partial charge in [-0.2, -0.15) is 0 Å². The molecule has 0 aliphatic heterocycles. The molecule has 3 atom stereocenters. The Morgan fingerprint density at radius 1 is 1.26 bits per heavy atom. The average Bonchev–Trinajstić information content (AvgIpc) is 3.09. The van der Waals surface area contributed by atoms with Crippen LogP contribution in [0.4, 0.5) is 5.82 Å². The zero-order valence-corrected chi connectivity index (χ0v) is 14.6. The van der Waals surface area contributed by atoms with Gasteiger partial charge in [0.1, 0.15) is 17.0 Å². The molecular weight excluding hydrogens is 308 g/mol. The Bertz CT molecular complexity index is 714. The van der Waals surface area contributed by atoms with E-state index in [0.717, 1.165) is 36.3 Å². The van der Waals surface area contributed by atoms with Gasteiger partial charge >= 0.3 is 0 Å². The second-order valence-electron chi connectivity index (χ2n) is 7.01. The van der Waals surface area contributed by atoms with Crippen LogP contribution in [0.1, 0.15) is 36.1 Å². The zero-order valence-electron chi connectivity index (χ0n) is 13.7. The summed E-state index contributed by atoms with van der Waals surface area (Å²) in [6.07, 6.45) is 7.77. The first kappa shape index (κ1) is 15.3. The van der Waals surface area contributed by atoms with Gasteiger partial charge in [0.2, 0.25) is 0 Å². The van der Waals surface area contributed by atoms with Crippen LogP contribution in [-0.4, -0.2) is 52.3 Å². The number of rotatable bonds is 3. The second kappa shape index (κ2) is 6.00. The van der Waals surface area contributed by atoms with Crippen molar-refractivity contribution in [3.63, 3.8) is 0 Å². The van der Waals surface area contributed by atoms with Gasteiger partial charge < -0.3 is 15.3 Å². The van der Waals surface area contributed by atoms with Gasteiger partial charge in [0.25, 0.3) is 0 Å². The fraction of sp³-hybridized carbons (Fsp3) is 0.647. The third-order valence-electron chi connectivity index (χ3n) is 5.34. The van der Waals surface area contributed by atoms with Crippen LogP contribution in [0.2, 0.25) is 0 Å². The molecule has 0 bridgehead atoms. The third-order valence-corrected chi connectivity index (χ3v) is 6.54. The summed E-state index contributed by atoms with van der Waals surface area (Å²) < 4.78 is 0. The summed E-state index contributed by atoms with van der Waals surface area (Å²) in [6.45, 7) is 0. The number of aliphatic hydroxyl groups is 1. The van der Waals surface area contributed by atoms with Crippen molar-refractivity contribution in [3.05, 3.63) is 16.8 Å². The Morgan fingerprint density at radius 2 is 2.13 bits per heavy atom. The maximum atomic E-state index is 10.5. The van der Waals surface area contributed by atoms with Crippen molar-refractivity contribution in [2.45, 2.75) is 56.7 Å². The standard InChI is InChI=1S/C17H24N4OS/c1-21(2)10-6-7-12(13(22)8-10)20-16-15-11-4-3-5-14(11)23-17(15)19-9-18-16/h9-10,12-13,22H,3-8H2,1-2H3,(H,18,19,20)/t10-,12?,13+/m1/s1. The number of aromatic nitrogens is 2. The van der Waals surface area contributed by atoms with Crippen LogP contribution in [0, 0.1) is 0 Å². The Labute approximate surface area is 140 Å². The molecule has 1 fully saturated rings. The minimum Gasteiger partial charge on any atom is -0.391 e. The molecule has 2 aliphatic rings. The number of aryl methyl sites for hydroxylation is 2. The summed E-state index contributed by atoms with van der Waals surface area (Å²) in [4.78, 5) is 13.7. The maximum absolute atomic E-state index is 10.5. The molecule has 0 spiro atoms. The lowest BCUT2D eigenvalue weighted by Crippen LogP contribution is -2.45. The highest BCUT2D eigenvalue weighted by atomic mass is 32.1. The molecule has 2 aliphatic carbocycles. The number of nitrogens with one attached hydrogen (secondary N) is 1. The van der Waals surface area contributed by atoms with Gasteiger partial charge in [0.15, 0.2) is 0 Å². The Kier molecular flexibility index (Phi) is 3.99. The van der Waals surface area contributed by atoms with Crippen LogP contribution >= 0.6 is 11.3 Å². The normalized spacial score (nSPS) is 27.6. The molecule has 124 valence electrons. The van der Waals surface area contributed by atoms with E-state index in [1.165, 1.54) is 28.7 Å². The van der Waals surface area contributed by atoms with Crippen molar-refractivity contribution in [2.75, 3.05) is 19.4 Å². The summed E-state index contributed by atoms with van der Waals surface area (Å²) in [5.74, 6) is 0.918. The van der Waals surface area contributed by atoms with Crippen molar-refractivity contribution in [3.8, 4) is 0 Å². The number of nitrogens with zero attached hydrogens (tertiary/aromatic N) is 3. The molecule has 2 aromatic rings. The molecule has 23 heavy (non-hydrogen) atoms. The highest BCUT2D eigenvalue weighted by molar-refractivity contribution is 7.19. The predicted molar refractivity (Wildman–Crippen MR) is 94.2 cm³/mol. The van der Waals surface area contributed by atoms with Gasteiger partial charge in [0.05, 0.1) is 17.5 Å². The molecule has 0 saturated heterocycles. The van der Waals surface area contributed by atoms with Crippen molar-refractivity contribution in [1.29, 1.82) is 0 Å². The topological polar surface area (TPSA) is 61.3 Å². The molecule has 1 saturated carbocycles. The minimum atomic E-state index is -0.326. The molecule has 6 heteroatoms. The number of hydrogen-bond donors (Lipinski definition) is 2. The van der Waals surface area contributed by atoms with Crippen molar-refractivity contribution in [1.82, 2.24) is 14.9 Å². The predicted octanol–water partition coefficient (Wildman–Crippen LogP) is 2.44. The van der Waals surface area contributed by atoms with Gasteiger partial charge in [-0.05, 0) is 58.2 Å². The van der Waals surface area contributed by atoms with E-state index in [2.05, 4.69) is 34.3 Å². The quantitative estimate of drug-likeness (QED) is 0.904. The van der Waals surface area contributed by atoms with E-state index < -0.39 is 0 Å². The van der Waals surface area contributed by atoms with Crippen molar-refractivity contribution < 1.29 is 5.11 Å². The van der Waals surface area contributed by atoms with E-state index in [0.29, 0.717) is 6.04 Å². The summed E-state index contributed by atoms with van der Waals surface area (Å²) in [5, 5.41) is 15.3. The summed E-state index contributed by atoms with van der Waals surface area (Å²) in [7, 11) is 4.18. The number of hydrogen-bond acceptors (Lipinski definition) is 6. The molecule has 4 rings (SSSR count). The number of fused-ring (bicyclic) bond motifs is 3. The summed E-state index contributed by atoms with van der Waals surface area (Å²) in [5.41, 5.74) is 1.43. The molecule has 0 aromatic carbocycles. The number of aliphatic hydroxyl groups excluding tert-OH is 1. The van der Waals surface area contributed by atoms with E-state index in [9.17, 15) is 5.11 Å². The Hall–Kier alpha value is -1.24. The van der Waals surface area contributed by atoms with Crippen LogP contribution in [0.25, 0.3) is 10.2 Å². The first-order valence-corrected chi connectivity index (χ1v) is 9.31. The van der Waals surface area contributed by atoms with Crippen LogP contribution in [0.5, 0.6) is 0 Å². The third kappa shape index (κ3) is 2.73. The molecule has 1 unspecified atom stereocenters.